The highest BCUT2D eigenvalue weighted by atomic mass is 35.5. The molecule has 3 rings (SSSR count). The molecular weight excluding hydrogens is 326 g/mol. The minimum atomic E-state index is -0.174. The normalized spacial score (nSPS) is 10.2. The molecule has 1 aromatic heterocycles. The number of hydrogen-bond donors (Lipinski definition) is 1. The molecule has 1 heterocycles. The highest BCUT2D eigenvalue weighted by molar-refractivity contribution is 6.32. The average molecular weight is 338 g/mol. The van der Waals surface area contributed by atoms with Crippen LogP contribution >= 0.6 is 11.6 Å². The van der Waals surface area contributed by atoms with E-state index >= 15 is 0 Å². The average Bonchev–Trinajstić information content (AvgIpc) is 2.59. The molecule has 6 heteroatoms. The summed E-state index contributed by atoms with van der Waals surface area (Å²) in [5.74, 6) is 0.123. The van der Waals surface area contributed by atoms with Crippen LogP contribution in [0.3, 0.4) is 0 Å². The zero-order valence-corrected chi connectivity index (χ0v) is 13.4. The molecule has 0 atom stereocenters. The van der Waals surface area contributed by atoms with Crippen molar-refractivity contribution < 1.29 is 9.84 Å². The Hall–Kier alpha value is -3.10. The van der Waals surface area contributed by atoms with Crippen molar-refractivity contribution in [2.24, 2.45) is 0 Å². The van der Waals surface area contributed by atoms with Gasteiger partial charge in [0.05, 0.1) is 11.6 Å². The molecule has 5 nitrogen and oxygen atoms in total. The number of aromatic hydroxyl groups is 1. The van der Waals surface area contributed by atoms with Crippen LogP contribution in [0.5, 0.6) is 17.4 Å². The molecule has 0 bridgehead atoms. The Labute approximate surface area is 144 Å². The lowest BCUT2D eigenvalue weighted by molar-refractivity contribution is 0.396. The van der Waals surface area contributed by atoms with Gasteiger partial charge in [0.1, 0.15) is 17.8 Å². The van der Waals surface area contributed by atoms with Gasteiger partial charge in [0.25, 0.3) is 5.88 Å². The van der Waals surface area contributed by atoms with Crippen LogP contribution in [0.1, 0.15) is 5.56 Å². The predicted molar refractivity (Wildman–Crippen MR) is 91.7 cm³/mol. The SMILES string of the molecule is [C-]#[N+]c1ccc(Oc2ncnc(-c3ccc(C)cc3)c2O)c(Cl)c1. The molecule has 2 aromatic carbocycles. The molecule has 0 saturated heterocycles. The van der Waals surface area contributed by atoms with Crippen LogP contribution in [0.2, 0.25) is 5.02 Å². The van der Waals surface area contributed by atoms with Crippen molar-refractivity contribution in [1.29, 1.82) is 0 Å². The van der Waals surface area contributed by atoms with Gasteiger partial charge in [-0.1, -0.05) is 47.5 Å². The van der Waals surface area contributed by atoms with E-state index in [0.717, 1.165) is 11.1 Å². The van der Waals surface area contributed by atoms with Gasteiger partial charge in [-0.15, -0.1) is 0 Å². The summed E-state index contributed by atoms with van der Waals surface area (Å²) < 4.78 is 5.59. The molecule has 0 saturated carbocycles. The van der Waals surface area contributed by atoms with Crippen molar-refractivity contribution in [3.8, 4) is 28.6 Å². The van der Waals surface area contributed by atoms with E-state index < -0.39 is 0 Å². The standard InChI is InChI=1S/C18H12ClN3O2/c1-11-3-5-12(6-4-11)16-17(23)18(22-10-21-16)24-15-8-7-13(20-2)9-14(15)19/h3-10,23H,1H3. The molecule has 0 spiro atoms. The maximum absolute atomic E-state index is 10.4. The second kappa shape index (κ2) is 6.57. The van der Waals surface area contributed by atoms with Crippen LogP contribution in [-0.2, 0) is 0 Å². The van der Waals surface area contributed by atoms with E-state index in [1.54, 1.807) is 12.1 Å². The lowest BCUT2D eigenvalue weighted by Crippen LogP contribution is -1.93. The van der Waals surface area contributed by atoms with Crippen LogP contribution in [-0.4, -0.2) is 15.1 Å². The highest BCUT2D eigenvalue weighted by Crippen LogP contribution is 2.38. The van der Waals surface area contributed by atoms with Gasteiger partial charge in [-0.3, -0.25) is 0 Å². The topological polar surface area (TPSA) is 59.6 Å². The Kier molecular flexibility index (Phi) is 4.32. The van der Waals surface area contributed by atoms with Gasteiger partial charge in [-0.25, -0.2) is 9.83 Å². The van der Waals surface area contributed by atoms with Gasteiger partial charge >= 0.3 is 0 Å². The molecule has 24 heavy (non-hydrogen) atoms. The number of aromatic nitrogens is 2. The molecule has 0 aliphatic heterocycles. The Morgan fingerprint density at radius 2 is 1.88 bits per heavy atom. The number of nitrogens with zero attached hydrogens (tertiary/aromatic N) is 3. The van der Waals surface area contributed by atoms with Gasteiger partial charge in [-0.2, -0.15) is 4.98 Å². The first-order valence-electron chi connectivity index (χ1n) is 7.04. The zero-order chi connectivity index (χ0) is 17.1. The Morgan fingerprint density at radius 1 is 1.12 bits per heavy atom. The number of halogens is 1. The van der Waals surface area contributed by atoms with E-state index in [1.807, 2.05) is 31.2 Å². The second-order valence-electron chi connectivity index (χ2n) is 5.07. The summed E-state index contributed by atoms with van der Waals surface area (Å²) in [6.45, 7) is 8.95. The van der Waals surface area contributed by atoms with Gasteiger partial charge in [0, 0.05) is 5.56 Å². The van der Waals surface area contributed by atoms with Crippen molar-refractivity contribution in [2.75, 3.05) is 0 Å². The Balaban J connectivity index is 1.97. The van der Waals surface area contributed by atoms with Gasteiger partial charge < -0.3 is 9.84 Å². The van der Waals surface area contributed by atoms with E-state index in [9.17, 15) is 5.11 Å². The molecular formula is C18H12ClN3O2. The third kappa shape index (κ3) is 3.14. The fourth-order valence-corrected chi connectivity index (χ4v) is 2.32. The molecule has 118 valence electrons. The number of hydrogen-bond acceptors (Lipinski definition) is 4. The van der Waals surface area contributed by atoms with Crippen LogP contribution < -0.4 is 4.74 Å². The number of rotatable bonds is 3. The zero-order valence-electron chi connectivity index (χ0n) is 12.7. The number of benzene rings is 2. The van der Waals surface area contributed by atoms with Crippen molar-refractivity contribution >= 4 is 17.3 Å². The minimum Gasteiger partial charge on any atom is -0.502 e. The summed E-state index contributed by atoms with van der Waals surface area (Å²) >= 11 is 6.09. The van der Waals surface area contributed by atoms with Crippen LogP contribution in [0.25, 0.3) is 16.1 Å². The van der Waals surface area contributed by atoms with E-state index in [1.165, 1.54) is 12.4 Å². The van der Waals surface area contributed by atoms with E-state index in [2.05, 4.69) is 14.8 Å². The second-order valence-corrected chi connectivity index (χ2v) is 5.48. The smallest absolute Gasteiger partial charge is 0.266 e. The largest absolute Gasteiger partial charge is 0.502 e. The van der Waals surface area contributed by atoms with Crippen LogP contribution in [0.4, 0.5) is 5.69 Å². The third-order valence-electron chi connectivity index (χ3n) is 3.36. The van der Waals surface area contributed by atoms with Crippen molar-refractivity contribution in [3.05, 3.63) is 70.8 Å². The lowest BCUT2D eigenvalue weighted by atomic mass is 10.1. The van der Waals surface area contributed by atoms with Crippen LogP contribution in [0, 0.1) is 13.5 Å². The molecule has 0 fully saturated rings. The minimum absolute atomic E-state index is 0.00182. The predicted octanol–water partition coefficient (Wildman–Crippen LogP) is 5.15. The van der Waals surface area contributed by atoms with Crippen molar-refractivity contribution in [2.45, 2.75) is 6.92 Å². The van der Waals surface area contributed by atoms with E-state index in [-0.39, 0.29) is 16.7 Å². The monoisotopic (exact) mass is 337 g/mol. The maximum Gasteiger partial charge on any atom is 0.266 e. The van der Waals surface area contributed by atoms with E-state index in [0.29, 0.717) is 17.1 Å². The fourth-order valence-electron chi connectivity index (χ4n) is 2.11. The van der Waals surface area contributed by atoms with Crippen molar-refractivity contribution in [3.63, 3.8) is 0 Å². The molecule has 0 aliphatic carbocycles. The molecule has 1 N–H and O–H groups in total. The van der Waals surface area contributed by atoms with Gasteiger partial charge in [0.2, 0.25) is 5.75 Å². The summed E-state index contributed by atoms with van der Waals surface area (Å²) in [5, 5.41) is 10.7. The summed E-state index contributed by atoms with van der Waals surface area (Å²) in [5.41, 5.74) is 2.63. The first-order chi connectivity index (χ1) is 11.6. The lowest BCUT2D eigenvalue weighted by Gasteiger charge is -2.10. The molecule has 0 aliphatic rings. The van der Waals surface area contributed by atoms with Gasteiger partial charge in [0.15, 0.2) is 5.69 Å². The third-order valence-corrected chi connectivity index (χ3v) is 3.66. The molecule has 0 radical (unpaired) electrons. The van der Waals surface area contributed by atoms with E-state index in [4.69, 9.17) is 22.9 Å². The summed E-state index contributed by atoms with van der Waals surface area (Å²) in [4.78, 5) is 11.4. The fraction of sp³-hybridized carbons (Fsp3) is 0.0556. The van der Waals surface area contributed by atoms with Crippen LogP contribution in [0.15, 0.2) is 48.8 Å². The molecule has 3 aromatic rings. The summed E-state index contributed by atoms with van der Waals surface area (Å²) in [6.07, 6.45) is 1.31. The summed E-state index contributed by atoms with van der Waals surface area (Å²) in [6, 6.07) is 12.2. The summed E-state index contributed by atoms with van der Waals surface area (Å²) in [7, 11) is 0. The maximum atomic E-state index is 10.4. The van der Waals surface area contributed by atoms with Gasteiger partial charge in [-0.05, 0) is 19.1 Å². The number of aryl methyl sites for hydroxylation is 1. The Bertz CT molecular complexity index is 934. The van der Waals surface area contributed by atoms with Crippen molar-refractivity contribution in [1.82, 2.24) is 9.97 Å². The quantitative estimate of drug-likeness (QED) is 0.671. The number of ether oxygens (including phenoxy) is 1. The highest BCUT2D eigenvalue weighted by Gasteiger charge is 2.15. The molecule has 0 unspecified atom stereocenters. The first-order valence-corrected chi connectivity index (χ1v) is 7.42. The first kappa shape index (κ1) is 15.8. The Morgan fingerprint density at radius 3 is 2.54 bits per heavy atom. The molecule has 0 amide bonds.